The van der Waals surface area contributed by atoms with E-state index < -0.39 is 42.1 Å². The van der Waals surface area contributed by atoms with E-state index in [1.165, 1.54) is 22.4 Å². The largest absolute Gasteiger partial charge is 0.394 e. The molecule has 0 aliphatic carbocycles. The Morgan fingerprint density at radius 1 is 1.06 bits per heavy atom. The van der Waals surface area contributed by atoms with Crippen molar-refractivity contribution in [1.29, 1.82) is 0 Å². The van der Waals surface area contributed by atoms with Crippen molar-refractivity contribution in [3.63, 3.8) is 0 Å². The molecule has 0 bridgehead atoms. The highest BCUT2D eigenvalue weighted by molar-refractivity contribution is 7.99. The smallest absolute Gasteiger partial charge is 0.250 e. The molecule has 0 radical (unpaired) electrons. The Morgan fingerprint density at radius 2 is 1.74 bits per heavy atom. The minimum atomic E-state index is -1.42. The van der Waals surface area contributed by atoms with Gasteiger partial charge in [-0.3, -0.25) is 4.79 Å². The number of nitrogens with zero attached hydrogens (tertiary/aromatic N) is 1. The number of aliphatic hydroxyl groups excluding tert-OH is 4. The van der Waals surface area contributed by atoms with Gasteiger partial charge in [-0.15, -0.1) is 0 Å². The van der Waals surface area contributed by atoms with Crippen LogP contribution in [0.5, 0.6) is 0 Å². The zero-order valence-electron chi connectivity index (χ0n) is 17.7. The van der Waals surface area contributed by atoms with Crippen LogP contribution in [0.25, 0.3) is 11.1 Å². The Kier molecular flexibility index (Phi) is 7.27. The van der Waals surface area contributed by atoms with Crippen LogP contribution in [0.1, 0.15) is 19.4 Å². The molecule has 1 aliphatic heterocycles. The van der Waals surface area contributed by atoms with Gasteiger partial charge in [0.05, 0.1) is 18.8 Å². The summed E-state index contributed by atoms with van der Waals surface area (Å²) in [6.07, 6.45) is -3.36. The van der Waals surface area contributed by atoms with Gasteiger partial charge in [-0.2, -0.15) is 0 Å². The van der Waals surface area contributed by atoms with Gasteiger partial charge in [0.15, 0.2) is 0 Å². The Labute approximate surface area is 184 Å². The van der Waals surface area contributed by atoms with Crippen molar-refractivity contribution < 1.29 is 30.3 Å². The van der Waals surface area contributed by atoms with Crippen LogP contribution in [-0.2, 0) is 11.3 Å². The van der Waals surface area contributed by atoms with Gasteiger partial charge in [0.1, 0.15) is 29.9 Å². The molecule has 31 heavy (non-hydrogen) atoms. The number of hydrogen-bond acceptors (Lipinski definition) is 8. The monoisotopic (exact) mass is 451 g/mol. The Bertz CT molecular complexity index is 969. The summed E-state index contributed by atoms with van der Waals surface area (Å²) in [7, 11) is 0. The number of pyridine rings is 1. The van der Waals surface area contributed by atoms with Gasteiger partial charge in [-0.25, -0.2) is 0 Å². The molecule has 0 unspecified atom stereocenters. The Hall–Kier alpha value is -1.72. The summed E-state index contributed by atoms with van der Waals surface area (Å²) < 4.78 is 7.04. The van der Waals surface area contributed by atoms with Crippen LogP contribution in [-0.4, -0.2) is 72.2 Å². The average molecular weight is 452 g/mol. The third-order valence-corrected chi connectivity index (χ3v) is 6.47. The molecule has 1 aromatic carbocycles. The number of rotatable bonds is 6. The predicted octanol–water partition coefficient (Wildman–Crippen LogP) is 0.487. The number of aliphatic hydroxyl groups is 5. The van der Waals surface area contributed by atoms with E-state index in [1.54, 1.807) is 26.1 Å². The molecule has 2 heterocycles. The zero-order chi connectivity index (χ0) is 22.9. The number of benzene rings is 1. The molecule has 0 amide bonds. The maximum absolute atomic E-state index is 12.1. The maximum atomic E-state index is 12.1. The summed E-state index contributed by atoms with van der Waals surface area (Å²) in [5.74, 6) is 0. The van der Waals surface area contributed by atoms with Crippen molar-refractivity contribution >= 4 is 11.8 Å². The van der Waals surface area contributed by atoms with E-state index in [4.69, 9.17) is 4.74 Å². The van der Waals surface area contributed by atoms with Crippen molar-refractivity contribution in [2.75, 3.05) is 6.61 Å². The summed E-state index contributed by atoms with van der Waals surface area (Å²) in [6, 6.07) is 8.84. The van der Waals surface area contributed by atoms with Crippen molar-refractivity contribution in [3.8, 4) is 11.1 Å². The SMILES string of the molecule is Cc1cc(-c2ccc(=O)n(CC(C)(C)O)c2)ccc1S[C@H]1O[C@H](CO)[C@@H](O)[C@H](O)[C@@H]1O. The molecule has 1 saturated heterocycles. The number of thioether (sulfide) groups is 1. The molecule has 5 N–H and O–H groups in total. The first-order chi connectivity index (χ1) is 14.5. The van der Waals surface area contributed by atoms with Crippen molar-refractivity contribution in [2.24, 2.45) is 0 Å². The van der Waals surface area contributed by atoms with E-state index in [2.05, 4.69) is 0 Å². The van der Waals surface area contributed by atoms with E-state index in [0.29, 0.717) is 0 Å². The third kappa shape index (κ3) is 5.56. The first-order valence-corrected chi connectivity index (χ1v) is 10.9. The Balaban J connectivity index is 1.82. The molecule has 5 atom stereocenters. The molecule has 9 heteroatoms. The fourth-order valence-electron chi connectivity index (χ4n) is 3.49. The van der Waals surface area contributed by atoms with Crippen LogP contribution in [0.15, 0.2) is 46.2 Å². The van der Waals surface area contributed by atoms with E-state index in [9.17, 15) is 30.3 Å². The summed E-state index contributed by atoms with van der Waals surface area (Å²) in [6.45, 7) is 4.87. The van der Waals surface area contributed by atoms with Gasteiger partial charge in [0.25, 0.3) is 5.56 Å². The number of aryl methyl sites for hydroxylation is 1. The van der Waals surface area contributed by atoms with Crippen LogP contribution in [0.3, 0.4) is 0 Å². The van der Waals surface area contributed by atoms with Crippen LogP contribution >= 0.6 is 11.8 Å². The van der Waals surface area contributed by atoms with E-state index in [-0.39, 0.29) is 12.1 Å². The van der Waals surface area contributed by atoms with Gasteiger partial charge in [0.2, 0.25) is 0 Å². The Morgan fingerprint density at radius 3 is 2.35 bits per heavy atom. The number of aromatic nitrogens is 1. The van der Waals surface area contributed by atoms with E-state index in [1.807, 2.05) is 25.1 Å². The van der Waals surface area contributed by atoms with Gasteiger partial charge in [-0.05, 0) is 49.6 Å². The van der Waals surface area contributed by atoms with Crippen LogP contribution in [0.2, 0.25) is 0 Å². The first-order valence-electron chi connectivity index (χ1n) is 10.0. The summed E-state index contributed by atoms with van der Waals surface area (Å²) in [4.78, 5) is 12.9. The average Bonchev–Trinajstić information content (AvgIpc) is 2.70. The first kappa shape index (κ1) is 23.9. The molecular weight excluding hydrogens is 422 g/mol. The number of hydrogen-bond donors (Lipinski definition) is 5. The number of ether oxygens (including phenoxy) is 1. The molecule has 1 aliphatic rings. The summed E-state index contributed by atoms with van der Waals surface area (Å²) in [5, 5.41) is 49.6. The molecular formula is C22H29NO7S. The van der Waals surface area contributed by atoms with Crippen molar-refractivity contribution in [1.82, 2.24) is 4.57 Å². The lowest BCUT2D eigenvalue weighted by Gasteiger charge is -2.39. The maximum Gasteiger partial charge on any atom is 0.250 e. The van der Waals surface area contributed by atoms with Gasteiger partial charge in [0, 0.05) is 17.2 Å². The topological polar surface area (TPSA) is 132 Å². The van der Waals surface area contributed by atoms with Gasteiger partial charge in [-0.1, -0.05) is 23.9 Å². The molecule has 3 rings (SSSR count). The van der Waals surface area contributed by atoms with Gasteiger partial charge >= 0.3 is 0 Å². The van der Waals surface area contributed by atoms with E-state index in [0.717, 1.165) is 21.6 Å². The zero-order valence-corrected chi connectivity index (χ0v) is 18.5. The highest BCUT2D eigenvalue weighted by Gasteiger charge is 2.43. The molecule has 1 fully saturated rings. The lowest BCUT2D eigenvalue weighted by atomic mass is 10.0. The molecule has 8 nitrogen and oxygen atoms in total. The van der Waals surface area contributed by atoms with Crippen LogP contribution < -0.4 is 5.56 Å². The summed E-state index contributed by atoms with van der Waals surface area (Å²) in [5.41, 5.74) is 0.506. The van der Waals surface area contributed by atoms with Crippen molar-refractivity contribution in [2.45, 2.75) is 67.7 Å². The predicted molar refractivity (Wildman–Crippen MR) is 117 cm³/mol. The standard InChI is InChI=1S/C22H29NO7S/c1-12-8-13(14-5-7-17(25)23(9-14)11-22(2,3)29)4-6-16(12)31-21-20(28)19(27)18(26)15(10-24)30-21/h4-9,15,18-21,24,26-29H,10-11H2,1-3H3/t15-,18-,19+,20+,21-/m1/s1. The minimum Gasteiger partial charge on any atom is -0.394 e. The quantitative estimate of drug-likeness (QED) is 0.429. The highest BCUT2D eigenvalue weighted by Crippen LogP contribution is 2.36. The van der Waals surface area contributed by atoms with Crippen LogP contribution in [0, 0.1) is 6.92 Å². The fourth-order valence-corrected chi connectivity index (χ4v) is 4.63. The molecule has 1 aromatic heterocycles. The lowest BCUT2D eigenvalue weighted by Crippen LogP contribution is -2.57. The van der Waals surface area contributed by atoms with Gasteiger partial charge < -0.3 is 34.8 Å². The van der Waals surface area contributed by atoms with Crippen molar-refractivity contribution in [3.05, 3.63) is 52.4 Å². The van der Waals surface area contributed by atoms with Crippen LogP contribution in [0.4, 0.5) is 0 Å². The normalized spacial score (nSPS) is 26.8. The molecule has 0 saturated carbocycles. The third-order valence-electron chi connectivity index (χ3n) is 5.14. The second kappa shape index (κ2) is 9.41. The fraction of sp³-hybridized carbons (Fsp3) is 0.500. The second-order valence-electron chi connectivity index (χ2n) is 8.49. The van der Waals surface area contributed by atoms with E-state index >= 15 is 0 Å². The molecule has 0 spiro atoms. The minimum absolute atomic E-state index is 0.170. The molecule has 170 valence electrons. The highest BCUT2D eigenvalue weighted by atomic mass is 32.2. The second-order valence-corrected chi connectivity index (χ2v) is 9.63. The summed E-state index contributed by atoms with van der Waals surface area (Å²) >= 11 is 1.20. The lowest BCUT2D eigenvalue weighted by molar-refractivity contribution is -0.205. The molecule has 2 aromatic rings.